The Morgan fingerprint density at radius 2 is 0.912 bits per heavy atom. The number of quaternary nitrogens is 1. The van der Waals surface area contributed by atoms with Crippen LogP contribution in [0.4, 0.5) is 0 Å². The van der Waals surface area contributed by atoms with Gasteiger partial charge in [0.25, 0.3) is 0 Å². The Hall–Kier alpha value is -0.830. The molecule has 34 heavy (non-hydrogen) atoms. The van der Waals surface area contributed by atoms with Crippen LogP contribution in [0.3, 0.4) is 0 Å². The van der Waals surface area contributed by atoms with Crippen molar-refractivity contribution >= 4 is 5.97 Å². The van der Waals surface area contributed by atoms with Crippen LogP contribution < -0.4 is 0 Å². The van der Waals surface area contributed by atoms with E-state index in [1.165, 1.54) is 142 Å². The summed E-state index contributed by atoms with van der Waals surface area (Å²) in [6.07, 6.45) is 27.6. The average molecular weight is 481 g/mol. The van der Waals surface area contributed by atoms with E-state index in [2.05, 4.69) is 27.5 Å². The number of rotatable bonds is 26. The average Bonchev–Trinajstić information content (AvgIpc) is 2.81. The maximum absolute atomic E-state index is 11.8. The third kappa shape index (κ3) is 21.7. The second-order valence-electron chi connectivity index (χ2n) is 11.1. The van der Waals surface area contributed by atoms with Crippen molar-refractivity contribution in [2.75, 3.05) is 33.3 Å². The van der Waals surface area contributed by atoms with Crippen molar-refractivity contribution in [1.29, 1.82) is 0 Å². The zero-order valence-corrected chi connectivity index (χ0v) is 23.9. The van der Waals surface area contributed by atoms with Gasteiger partial charge in [-0.2, -0.15) is 0 Å². The second kappa shape index (κ2) is 23.9. The summed E-state index contributed by atoms with van der Waals surface area (Å²) in [6, 6.07) is 0. The fourth-order valence-electron chi connectivity index (χ4n) is 4.78. The number of esters is 1. The molecule has 0 aromatic carbocycles. The molecule has 0 fully saturated rings. The third-order valence-electron chi connectivity index (χ3n) is 7.32. The molecule has 0 heterocycles. The molecule has 0 atom stereocenters. The summed E-state index contributed by atoms with van der Waals surface area (Å²) in [5.41, 5.74) is 0.499. The van der Waals surface area contributed by atoms with Gasteiger partial charge in [-0.25, -0.2) is 4.79 Å². The van der Waals surface area contributed by atoms with Gasteiger partial charge in [-0.3, -0.25) is 0 Å². The zero-order chi connectivity index (χ0) is 25.3. The van der Waals surface area contributed by atoms with Gasteiger partial charge in [0.2, 0.25) is 0 Å². The number of carbonyl (C=O) groups is 1. The first-order valence-electron chi connectivity index (χ1n) is 15.1. The Morgan fingerprint density at radius 1 is 0.588 bits per heavy atom. The number of carbonyl (C=O) groups excluding carboxylic acids is 1. The van der Waals surface area contributed by atoms with E-state index < -0.39 is 0 Å². The maximum Gasteiger partial charge on any atom is 0.333 e. The molecule has 0 aliphatic rings. The van der Waals surface area contributed by atoms with E-state index in [1.807, 2.05) is 0 Å². The number of nitrogens with zero attached hydrogens (tertiary/aromatic N) is 1. The topological polar surface area (TPSA) is 26.3 Å². The molecule has 0 aromatic heterocycles. The Bertz CT molecular complexity index is 450. The van der Waals surface area contributed by atoms with Gasteiger partial charge in [-0.15, -0.1) is 0 Å². The number of hydrogen-bond acceptors (Lipinski definition) is 2. The molecule has 0 spiro atoms. The first-order valence-corrected chi connectivity index (χ1v) is 15.1. The summed E-state index contributed by atoms with van der Waals surface area (Å²) in [5, 5.41) is 0. The summed E-state index contributed by atoms with van der Waals surface area (Å²) in [6.45, 7) is 13.8. The lowest BCUT2D eigenvalue weighted by Gasteiger charge is -2.34. The molecule has 0 aliphatic carbocycles. The largest absolute Gasteiger partial charge is 0.456 e. The van der Waals surface area contributed by atoms with Crippen molar-refractivity contribution in [1.82, 2.24) is 0 Å². The van der Waals surface area contributed by atoms with Crippen LogP contribution in [-0.4, -0.2) is 43.7 Å². The van der Waals surface area contributed by atoms with Crippen LogP contribution in [0, 0.1) is 0 Å². The van der Waals surface area contributed by atoms with Gasteiger partial charge in [0.05, 0.1) is 20.1 Å². The van der Waals surface area contributed by atoms with Crippen molar-refractivity contribution in [2.45, 2.75) is 149 Å². The van der Waals surface area contributed by atoms with Crippen LogP contribution in [0.15, 0.2) is 12.2 Å². The molecule has 0 unspecified atom stereocenters. The van der Waals surface area contributed by atoms with Crippen molar-refractivity contribution in [3.63, 3.8) is 0 Å². The van der Waals surface area contributed by atoms with Gasteiger partial charge >= 0.3 is 5.97 Å². The lowest BCUT2D eigenvalue weighted by Crippen LogP contribution is -2.48. The molecule has 202 valence electrons. The highest BCUT2D eigenvalue weighted by molar-refractivity contribution is 5.86. The van der Waals surface area contributed by atoms with Crippen LogP contribution >= 0.6 is 0 Å². The molecule has 0 rings (SSSR count). The van der Waals surface area contributed by atoms with E-state index in [0.717, 1.165) is 11.0 Å². The summed E-state index contributed by atoms with van der Waals surface area (Å²) in [7, 11) is 2.37. The van der Waals surface area contributed by atoms with Crippen LogP contribution in [0.1, 0.15) is 149 Å². The van der Waals surface area contributed by atoms with E-state index >= 15 is 0 Å². The van der Waals surface area contributed by atoms with E-state index in [-0.39, 0.29) is 5.97 Å². The number of ether oxygens (including phenoxy) is 1. The molecule has 0 aliphatic heterocycles. The van der Waals surface area contributed by atoms with Crippen LogP contribution in [0.5, 0.6) is 0 Å². The first kappa shape index (κ1) is 33.2. The first-order chi connectivity index (χ1) is 16.4. The van der Waals surface area contributed by atoms with Gasteiger partial charge in [-0.1, -0.05) is 123 Å². The van der Waals surface area contributed by atoms with Gasteiger partial charge in [0.1, 0.15) is 13.2 Å². The minimum atomic E-state index is -0.246. The van der Waals surface area contributed by atoms with Gasteiger partial charge in [0.15, 0.2) is 0 Å². The smallest absolute Gasteiger partial charge is 0.333 e. The predicted molar refractivity (Wildman–Crippen MR) is 150 cm³/mol. The van der Waals surface area contributed by atoms with E-state index in [4.69, 9.17) is 4.74 Å². The maximum atomic E-state index is 11.8. The summed E-state index contributed by atoms with van der Waals surface area (Å²) in [5.74, 6) is -0.246. The van der Waals surface area contributed by atoms with Crippen molar-refractivity contribution < 1.29 is 14.0 Å². The van der Waals surface area contributed by atoms with Crippen molar-refractivity contribution in [2.24, 2.45) is 0 Å². The number of likely N-dealkylation sites (N-methyl/N-ethyl adjacent to an activating group) is 1. The molecule has 3 heteroatoms. The van der Waals surface area contributed by atoms with Gasteiger partial charge < -0.3 is 9.22 Å². The quantitative estimate of drug-likeness (QED) is 0.0533. The Labute approximate surface area is 214 Å². The number of unbranched alkanes of at least 4 members (excludes halogenated alkanes) is 18. The van der Waals surface area contributed by atoms with Crippen LogP contribution in [0.2, 0.25) is 0 Å². The van der Waals surface area contributed by atoms with Crippen molar-refractivity contribution in [3.8, 4) is 0 Å². The Kier molecular flexibility index (Phi) is 23.3. The highest BCUT2D eigenvalue weighted by Gasteiger charge is 2.21. The SMILES string of the molecule is C=C(C)C(=O)OCC[N+](C)(CCCCCCCCCCCC)CCCCCCCCCCCC. The lowest BCUT2D eigenvalue weighted by atomic mass is 10.1. The highest BCUT2D eigenvalue weighted by Crippen LogP contribution is 2.15. The third-order valence-corrected chi connectivity index (χ3v) is 7.32. The van der Waals surface area contributed by atoms with Crippen molar-refractivity contribution in [3.05, 3.63) is 12.2 Å². The van der Waals surface area contributed by atoms with Gasteiger partial charge in [-0.05, 0) is 32.6 Å². The summed E-state index contributed by atoms with van der Waals surface area (Å²) in [4.78, 5) is 11.8. The second-order valence-corrected chi connectivity index (χ2v) is 11.1. The lowest BCUT2D eigenvalue weighted by molar-refractivity contribution is -0.910. The van der Waals surface area contributed by atoms with Crippen LogP contribution in [-0.2, 0) is 9.53 Å². The Balaban J connectivity index is 4.10. The minimum absolute atomic E-state index is 0.246. The number of hydrogen-bond donors (Lipinski definition) is 0. The fourth-order valence-corrected chi connectivity index (χ4v) is 4.78. The molecule has 0 saturated carbocycles. The van der Waals surface area contributed by atoms with Crippen LogP contribution in [0.25, 0.3) is 0 Å². The molecule has 0 aromatic rings. The van der Waals surface area contributed by atoms with E-state index in [9.17, 15) is 4.79 Å². The minimum Gasteiger partial charge on any atom is -0.456 e. The van der Waals surface area contributed by atoms with E-state index in [1.54, 1.807) is 6.92 Å². The standard InChI is InChI=1S/C31H62NO2/c1-6-8-10-12-14-16-18-20-22-24-26-32(5,28-29-34-31(33)30(3)4)27-25-23-21-19-17-15-13-11-9-7-2/h3,6-29H2,1-2,4-5H3/q+1. The summed E-state index contributed by atoms with van der Waals surface area (Å²) < 4.78 is 6.48. The molecule has 0 radical (unpaired) electrons. The monoisotopic (exact) mass is 480 g/mol. The molecule has 0 saturated heterocycles. The molecule has 3 nitrogen and oxygen atoms in total. The molecule has 0 N–H and O–H groups in total. The zero-order valence-electron chi connectivity index (χ0n) is 23.9. The molecule has 0 bridgehead atoms. The highest BCUT2D eigenvalue weighted by atomic mass is 16.5. The molecular formula is C31H62NO2+. The van der Waals surface area contributed by atoms with Gasteiger partial charge in [0, 0.05) is 5.57 Å². The molecular weight excluding hydrogens is 418 g/mol. The fraction of sp³-hybridized carbons (Fsp3) is 0.903. The Morgan fingerprint density at radius 3 is 1.24 bits per heavy atom. The predicted octanol–water partition coefficient (Wildman–Crippen LogP) is 9.39. The normalized spacial score (nSPS) is 11.6. The molecule has 0 amide bonds. The van der Waals surface area contributed by atoms with E-state index in [0.29, 0.717) is 12.2 Å². The summed E-state index contributed by atoms with van der Waals surface area (Å²) >= 11 is 0.